The van der Waals surface area contributed by atoms with E-state index in [1.807, 2.05) is 0 Å². The van der Waals surface area contributed by atoms with Crippen LogP contribution in [-0.2, 0) is 0 Å². The lowest BCUT2D eigenvalue weighted by Crippen LogP contribution is -2.17. The quantitative estimate of drug-likeness (QED) is 0.775. The second kappa shape index (κ2) is 6.57. The Balaban J connectivity index is 1.80. The van der Waals surface area contributed by atoms with Gasteiger partial charge in [0.2, 0.25) is 0 Å². The topological polar surface area (TPSA) is 84.2 Å². The summed E-state index contributed by atoms with van der Waals surface area (Å²) >= 11 is 0. The number of carbonyl (C=O) groups is 2. The fraction of sp³-hybridized carbons (Fsp3) is 0. The number of carbonyl (C=O) groups excluding carboxylic acids is 2. The van der Waals surface area contributed by atoms with Gasteiger partial charge >= 0.3 is 0 Å². The molecule has 6 heteroatoms. The normalized spacial score (nSPS) is 10.1. The van der Waals surface area contributed by atoms with E-state index in [1.165, 1.54) is 6.26 Å². The van der Waals surface area contributed by atoms with Gasteiger partial charge in [0.25, 0.3) is 11.8 Å². The van der Waals surface area contributed by atoms with E-state index in [0.29, 0.717) is 16.9 Å². The van der Waals surface area contributed by atoms with E-state index in [9.17, 15) is 9.59 Å². The Hall–Kier alpha value is -3.41. The van der Waals surface area contributed by atoms with Crippen molar-refractivity contribution < 1.29 is 14.0 Å². The largest absolute Gasteiger partial charge is 0.459 e. The number of benzene rings is 1. The number of furan rings is 1. The summed E-state index contributed by atoms with van der Waals surface area (Å²) in [6, 6.07) is 13.3. The van der Waals surface area contributed by atoms with E-state index in [0.717, 1.165) is 0 Å². The molecule has 0 bridgehead atoms. The number of nitrogens with zero attached hydrogens (tertiary/aromatic N) is 1. The minimum absolute atomic E-state index is 0.175. The van der Waals surface area contributed by atoms with Gasteiger partial charge in [-0.1, -0.05) is 12.1 Å². The number of aromatic nitrogens is 1. The summed E-state index contributed by atoms with van der Waals surface area (Å²) in [6.07, 6.45) is 4.58. The van der Waals surface area contributed by atoms with Crippen LogP contribution in [0, 0.1) is 0 Å². The fourth-order valence-electron chi connectivity index (χ4n) is 2.02. The van der Waals surface area contributed by atoms with Crippen molar-refractivity contribution in [3.05, 3.63) is 78.5 Å². The van der Waals surface area contributed by atoms with Gasteiger partial charge in [-0.2, -0.15) is 0 Å². The van der Waals surface area contributed by atoms with Crippen molar-refractivity contribution in [2.75, 3.05) is 10.6 Å². The Bertz CT molecular complexity index is 814. The summed E-state index contributed by atoms with van der Waals surface area (Å²) in [6.45, 7) is 0. The van der Waals surface area contributed by atoms with Gasteiger partial charge in [-0.25, -0.2) is 0 Å². The lowest BCUT2D eigenvalue weighted by Gasteiger charge is -2.10. The first-order chi connectivity index (χ1) is 11.2. The first-order valence-electron chi connectivity index (χ1n) is 6.89. The minimum atomic E-state index is -0.417. The Kier molecular flexibility index (Phi) is 4.15. The molecule has 0 spiro atoms. The SMILES string of the molecule is O=C(Nc1ccccc1C(=O)Nc1ccncc1)c1ccco1. The average molecular weight is 307 g/mol. The third kappa shape index (κ3) is 3.44. The molecular formula is C17H13N3O3. The van der Waals surface area contributed by atoms with Crippen molar-refractivity contribution in [1.82, 2.24) is 4.98 Å². The van der Waals surface area contributed by atoms with Crippen molar-refractivity contribution in [2.24, 2.45) is 0 Å². The zero-order valence-electron chi connectivity index (χ0n) is 12.0. The van der Waals surface area contributed by atoms with E-state index in [2.05, 4.69) is 15.6 Å². The molecule has 0 saturated heterocycles. The lowest BCUT2D eigenvalue weighted by atomic mass is 10.1. The van der Waals surface area contributed by atoms with Crippen molar-refractivity contribution in [1.29, 1.82) is 0 Å². The Labute approximate surface area is 132 Å². The minimum Gasteiger partial charge on any atom is -0.459 e. The van der Waals surface area contributed by atoms with Crippen LogP contribution in [0.5, 0.6) is 0 Å². The highest BCUT2D eigenvalue weighted by Crippen LogP contribution is 2.18. The zero-order valence-corrected chi connectivity index (χ0v) is 12.0. The summed E-state index contributed by atoms with van der Waals surface area (Å²) in [4.78, 5) is 28.4. The third-order valence-electron chi connectivity index (χ3n) is 3.10. The Morgan fingerprint density at radius 1 is 0.870 bits per heavy atom. The standard InChI is InChI=1S/C17H13N3O3/c21-16(19-12-7-9-18-10-8-12)13-4-1-2-5-14(13)20-17(22)15-6-3-11-23-15/h1-11H,(H,20,22)(H,18,19,21). The van der Waals surface area contributed by atoms with Crippen LogP contribution < -0.4 is 10.6 Å². The molecule has 0 aliphatic carbocycles. The van der Waals surface area contributed by atoms with Crippen molar-refractivity contribution >= 4 is 23.2 Å². The van der Waals surface area contributed by atoms with Crippen molar-refractivity contribution in [3.63, 3.8) is 0 Å². The van der Waals surface area contributed by atoms with Crippen LogP contribution in [0.15, 0.2) is 71.6 Å². The number of rotatable bonds is 4. The molecule has 23 heavy (non-hydrogen) atoms. The van der Waals surface area contributed by atoms with Crippen LogP contribution in [0.3, 0.4) is 0 Å². The molecule has 3 aromatic rings. The molecule has 2 N–H and O–H groups in total. The van der Waals surface area contributed by atoms with E-state index < -0.39 is 5.91 Å². The van der Waals surface area contributed by atoms with Crippen LogP contribution >= 0.6 is 0 Å². The summed E-state index contributed by atoms with van der Waals surface area (Å²) in [5.74, 6) is -0.569. The molecule has 0 saturated carbocycles. The van der Waals surface area contributed by atoms with E-state index in [1.54, 1.807) is 60.9 Å². The number of anilines is 2. The fourth-order valence-corrected chi connectivity index (χ4v) is 2.02. The molecule has 114 valence electrons. The number of nitrogens with one attached hydrogen (secondary N) is 2. The van der Waals surface area contributed by atoms with Crippen LogP contribution in [0.2, 0.25) is 0 Å². The van der Waals surface area contributed by atoms with Gasteiger partial charge in [-0.15, -0.1) is 0 Å². The van der Waals surface area contributed by atoms with Gasteiger partial charge in [-0.05, 0) is 36.4 Å². The molecule has 2 heterocycles. The van der Waals surface area contributed by atoms with Crippen LogP contribution in [0.4, 0.5) is 11.4 Å². The summed E-state index contributed by atoms with van der Waals surface area (Å²) in [5, 5.41) is 5.43. The number of amides is 2. The predicted molar refractivity (Wildman–Crippen MR) is 85.3 cm³/mol. The summed E-state index contributed by atoms with van der Waals surface area (Å²) in [7, 11) is 0. The molecule has 0 atom stereocenters. The highest BCUT2D eigenvalue weighted by Gasteiger charge is 2.15. The second-order valence-corrected chi connectivity index (χ2v) is 4.67. The van der Waals surface area contributed by atoms with Gasteiger partial charge in [0.05, 0.1) is 17.5 Å². The van der Waals surface area contributed by atoms with Crippen LogP contribution in [-0.4, -0.2) is 16.8 Å². The number of para-hydroxylation sites is 1. The molecular weight excluding hydrogens is 294 g/mol. The number of hydrogen-bond donors (Lipinski definition) is 2. The smallest absolute Gasteiger partial charge is 0.291 e. The molecule has 0 radical (unpaired) electrons. The molecule has 3 rings (SSSR count). The summed E-state index contributed by atoms with van der Waals surface area (Å²) < 4.78 is 5.04. The molecule has 2 aromatic heterocycles. The zero-order chi connectivity index (χ0) is 16.1. The van der Waals surface area contributed by atoms with Crippen molar-refractivity contribution in [2.45, 2.75) is 0 Å². The maximum atomic E-state index is 12.4. The van der Waals surface area contributed by atoms with Crippen LogP contribution in [0.25, 0.3) is 0 Å². The molecule has 0 fully saturated rings. The highest BCUT2D eigenvalue weighted by molar-refractivity contribution is 6.11. The maximum Gasteiger partial charge on any atom is 0.291 e. The Morgan fingerprint density at radius 2 is 1.65 bits per heavy atom. The van der Waals surface area contributed by atoms with Gasteiger partial charge in [0.15, 0.2) is 5.76 Å². The molecule has 0 aliphatic heterocycles. The maximum absolute atomic E-state index is 12.4. The lowest BCUT2D eigenvalue weighted by molar-refractivity contribution is 0.0996. The van der Waals surface area contributed by atoms with Crippen LogP contribution in [0.1, 0.15) is 20.9 Å². The third-order valence-corrected chi connectivity index (χ3v) is 3.10. The molecule has 6 nitrogen and oxygen atoms in total. The van der Waals surface area contributed by atoms with E-state index >= 15 is 0 Å². The summed E-state index contributed by atoms with van der Waals surface area (Å²) in [5.41, 5.74) is 1.38. The molecule has 0 aliphatic rings. The van der Waals surface area contributed by atoms with E-state index in [4.69, 9.17) is 4.42 Å². The van der Waals surface area contributed by atoms with E-state index in [-0.39, 0.29) is 11.7 Å². The molecule has 0 unspecified atom stereocenters. The van der Waals surface area contributed by atoms with Gasteiger partial charge in [0, 0.05) is 18.1 Å². The van der Waals surface area contributed by atoms with Gasteiger partial charge in [-0.3, -0.25) is 14.6 Å². The highest BCUT2D eigenvalue weighted by atomic mass is 16.3. The molecule has 2 amide bonds. The monoisotopic (exact) mass is 307 g/mol. The number of pyridine rings is 1. The predicted octanol–water partition coefficient (Wildman–Crippen LogP) is 3.18. The first kappa shape index (κ1) is 14.5. The van der Waals surface area contributed by atoms with Gasteiger partial charge in [0.1, 0.15) is 0 Å². The second-order valence-electron chi connectivity index (χ2n) is 4.67. The van der Waals surface area contributed by atoms with Gasteiger partial charge < -0.3 is 15.1 Å². The Morgan fingerprint density at radius 3 is 2.39 bits per heavy atom. The van der Waals surface area contributed by atoms with Crippen molar-refractivity contribution in [3.8, 4) is 0 Å². The number of hydrogen-bond acceptors (Lipinski definition) is 4. The average Bonchev–Trinajstić information content (AvgIpc) is 3.11. The first-order valence-corrected chi connectivity index (χ1v) is 6.89. The molecule has 1 aromatic carbocycles.